The summed E-state index contributed by atoms with van der Waals surface area (Å²) in [7, 11) is 0. The molecule has 0 aliphatic rings. The molecule has 0 aliphatic carbocycles. The monoisotopic (exact) mass is 418 g/mol. The summed E-state index contributed by atoms with van der Waals surface area (Å²) in [6.45, 7) is 0.0269. The van der Waals surface area contributed by atoms with E-state index in [1.54, 1.807) is 41.8 Å². The molecule has 2 amide bonds. The summed E-state index contributed by atoms with van der Waals surface area (Å²) in [4.78, 5) is 25.3. The fourth-order valence-corrected chi connectivity index (χ4v) is 3.42. The van der Waals surface area contributed by atoms with Gasteiger partial charge >= 0.3 is 6.18 Å². The molecule has 0 bridgehead atoms. The summed E-state index contributed by atoms with van der Waals surface area (Å²) in [6.07, 6.45) is -4.41. The number of alkyl halides is 3. The van der Waals surface area contributed by atoms with Crippen molar-refractivity contribution in [3.63, 3.8) is 0 Å². The lowest BCUT2D eigenvalue weighted by Crippen LogP contribution is -2.27. The summed E-state index contributed by atoms with van der Waals surface area (Å²) in [6, 6.07) is 15.2. The molecule has 150 valence electrons. The highest BCUT2D eigenvalue weighted by atomic mass is 32.1. The maximum absolute atomic E-state index is 13.1. The van der Waals surface area contributed by atoms with Crippen LogP contribution >= 0.6 is 11.3 Å². The van der Waals surface area contributed by atoms with E-state index in [2.05, 4.69) is 10.6 Å². The van der Waals surface area contributed by atoms with Crippen LogP contribution in [0.25, 0.3) is 0 Å². The van der Waals surface area contributed by atoms with E-state index in [1.807, 2.05) is 0 Å². The molecule has 0 fully saturated rings. The predicted molar refractivity (Wildman–Crippen MR) is 106 cm³/mol. The van der Waals surface area contributed by atoms with Crippen molar-refractivity contribution in [3.8, 4) is 0 Å². The minimum atomic E-state index is -4.45. The minimum Gasteiger partial charge on any atom is -0.352 e. The number of halogens is 3. The standard InChI is InChI=1S/C21H17F3N2O2S/c22-21(23,24)16-8-3-1-6-14(16)11-12-25-19(27)15-7-2-4-9-17(15)26-20(28)18-10-5-13-29-18/h1-10,13H,11-12H2,(H,25,27)(H,26,28). The number of rotatable bonds is 6. The number of para-hydroxylation sites is 1. The number of thiophene rings is 1. The molecule has 3 aromatic rings. The van der Waals surface area contributed by atoms with Gasteiger partial charge in [0.15, 0.2) is 0 Å². The minimum absolute atomic E-state index is 0.0269. The Morgan fingerprint density at radius 3 is 2.34 bits per heavy atom. The Morgan fingerprint density at radius 2 is 1.62 bits per heavy atom. The molecule has 0 saturated carbocycles. The molecule has 0 spiro atoms. The second-order valence-corrected chi connectivity index (χ2v) is 7.09. The van der Waals surface area contributed by atoms with Crippen LogP contribution in [0.5, 0.6) is 0 Å². The van der Waals surface area contributed by atoms with E-state index in [-0.39, 0.29) is 30.0 Å². The SMILES string of the molecule is O=C(Nc1ccccc1C(=O)NCCc1ccccc1C(F)(F)F)c1cccs1. The third-order valence-electron chi connectivity index (χ3n) is 4.17. The Kier molecular flexibility index (Phi) is 6.33. The normalized spacial score (nSPS) is 11.1. The molecule has 2 N–H and O–H groups in total. The van der Waals surface area contributed by atoms with Crippen LogP contribution in [-0.2, 0) is 12.6 Å². The predicted octanol–water partition coefficient (Wildman–Crippen LogP) is 4.99. The van der Waals surface area contributed by atoms with Crippen LogP contribution in [-0.4, -0.2) is 18.4 Å². The van der Waals surface area contributed by atoms with E-state index >= 15 is 0 Å². The van der Waals surface area contributed by atoms with Crippen molar-refractivity contribution >= 4 is 28.8 Å². The average molecular weight is 418 g/mol. The zero-order valence-corrected chi connectivity index (χ0v) is 15.9. The molecule has 4 nitrogen and oxygen atoms in total. The van der Waals surface area contributed by atoms with Gasteiger partial charge in [-0.1, -0.05) is 36.4 Å². The topological polar surface area (TPSA) is 58.2 Å². The molecule has 1 heterocycles. The van der Waals surface area contributed by atoms with E-state index in [1.165, 1.54) is 29.5 Å². The van der Waals surface area contributed by atoms with Crippen LogP contribution in [0, 0.1) is 0 Å². The van der Waals surface area contributed by atoms with Gasteiger partial charge < -0.3 is 10.6 Å². The van der Waals surface area contributed by atoms with Gasteiger partial charge in [-0.15, -0.1) is 11.3 Å². The van der Waals surface area contributed by atoms with E-state index in [9.17, 15) is 22.8 Å². The second kappa shape index (κ2) is 8.91. The highest BCUT2D eigenvalue weighted by Crippen LogP contribution is 2.31. The Balaban J connectivity index is 1.66. The van der Waals surface area contributed by atoms with Crippen LogP contribution in [0.3, 0.4) is 0 Å². The fraction of sp³-hybridized carbons (Fsp3) is 0.143. The molecule has 0 unspecified atom stereocenters. The summed E-state index contributed by atoms with van der Waals surface area (Å²) in [5, 5.41) is 7.08. The van der Waals surface area contributed by atoms with Gasteiger partial charge in [-0.25, -0.2) is 0 Å². The molecule has 0 atom stereocenters. The van der Waals surface area contributed by atoms with Gasteiger partial charge in [-0.3, -0.25) is 9.59 Å². The molecular formula is C21H17F3N2O2S. The van der Waals surface area contributed by atoms with Gasteiger partial charge in [0.25, 0.3) is 11.8 Å². The number of benzene rings is 2. The molecular weight excluding hydrogens is 401 g/mol. The van der Waals surface area contributed by atoms with Gasteiger partial charge in [0.1, 0.15) is 0 Å². The van der Waals surface area contributed by atoms with Gasteiger partial charge in [-0.2, -0.15) is 13.2 Å². The van der Waals surface area contributed by atoms with Crippen molar-refractivity contribution in [2.24, 2.45) is 0 Å². The number of carbonyl (C=O) groups excluding carboxylic acids is 2. The van der Waals surface area contributed by atoms with E-state index in [0.717, 1.165) is 6.07 Å². The first-order valence-electron chi connectivity index (χ1n) is 8.73. The average Bonchev–Trinajstić information content (AvgIpc) is 3.23. The number of carbonyl (C=O) groups is 2. The highest BCUT2D eigenvalue weighted by Gasteiger charge is 2.32. The zero-order chi connectivity index (χ0) is 20.9. The lowest BCUT2D eigenvalue weighted by molar-refractivity contribution is -0.138. The molecule has 2 aromatic carbocycles. The molecule has 3 rings (SSSR count). The fourth-order valence-electron chi connectivity index (χ4n) is 2.80. The van der Waals surface area contributed by atoms with Crippen molar-refractivity contribution in [1.82, 2.24) is 5.32 Å². The van der Waals surface area contributed by atoms with Crippen LogP contribution in [0.4, 0.5) is 18.9 Å². The first-order valence-corrected chi connectivity index (χ1v) is 9.61. The van der Waals surface area contributed by atoms with Crippen LogP contribution in [0.2, 0.25) is 0 Å². The molecule has 0 radical (unpaired) electrons. The number of anilines is 1. The van der Waals surface area contributed by atoms with Gasteiger partial charge in [0, 0.05) is 6.54 Å². The molecule has 1 aromatic heterocycles. The van der Waals surface area contributed by atoms with Crippen molar-refractivity contribution < 1.29 is 22.8 Å². The summed E-state index contributed by atoms with van der Waals surface area (Å²) < 4.78 is 39.2. The first-order chi connectivity index (χ1) is 13.9. The second-order valence-electron chi connectivity index (χ2n) is 6.14. The quantitative estimate of drug-likeness (QED) is 0.592. The van der Waals surface area contributed by atoms with Crippen LogP contribution < -0.4 is 10.6 Å². The lowest BCUT2D eigenvalue weighted by Gasteiger charge is -2.14. The van der Waals surface area contributed by atoms with E-state index in [0.29, 0.717) is 10.6 Å². The summed E-state index contributed by atoms with van der Waals surface area (Å²) >= 11 is 1.27. The zero-order valence-electron chi connectivity index (χ0n) is 15.1. The summed E-state index contributed by atoms with van der Waals surface area (Å²) in [5.41, 5.74) is -0.0296. The van der Waals surface area contributed by atoms with Gasteiger partial charge in [-0.05, 0) is 41.6 Å². The Labute approximate surface area is 169 Å². The molecule has 29 heavy (non-hydrogen) atoms. The van der Waals surface area contributed by atoms with Crippen molar-refractivity contribution in [1.29, 1.82) is 0 Å². The van der Waals surface area contributed by atoms with Gasteiger partial charge in [0.05, 0.1) is 21.7 Å². The van der Waals surface area contributed by atoms with Crippen molar-refractivity contribution in [3.05, 3.63) is 87.6 Å². The molecule has 0 saturated heterocycles. The smallest absolute Gasteiger partial charge is 0.352 e. The van der Waals surface area contributed by atoms with E-state index < -0.39 is 17.6 Å². The Hall–Kier alpha value is -3.13. The number of amides is 2. The third-order valence-corrected chi connectivity index (χ3v) is 5.04. The Bertz CT molecular complexity index is 1000. The molecule has 0 aliphatic heterocycles. The highest BCUT2D eigenvalue weighted by molar-refractivity contribution is 7.12. The number of hydrogen-bond donors (Lipinski definition) is 2. The number of hydrogen-bond acceptors (Lipinski definition) is 3. The molecule has 8 heteroatoms. The Morgan fingerprint density at radius 1 is 0.897 bits per heavy atom. The first kappa shape index (κ1) is 20.6. The largest absolute Gasteiger partial charge is 0.416 e. The maximum Gasteiger partial charge on any atom is 0.416 e. The van der Waals surface area contributed by atoms with Crippen LogP contribution in [0.15, 0.2) is 66.0 Å². The lowest BCUT2D eigenvalue weighted by atomic mass is 10.0. The van der Waals surface area contributed by atoms with E-state index in [4.69, 9.17) is 0 Å². The van der Waals surface area contributed by atoms with Crippen LogP contribution in [0.1, 0.15) is 31.2 Å². The summed E-state index contributed by atoms with van der Waals surface area (Å²) in [5.74, 6) is -0.809. The van der Waals surface area contributed by atoms with Crippen molar-refractivity contribution in [2.45, 2.75) is 12.6 Å². The maximum atomic E-state index is 13.1. The van der Waals surface area contributed by atoms with Crippen molar-refractivity contribution in [2.75, 3.05) is 11.9 Å². The number of nitrogens with one attached hydrogen (secondary N) is 2. The van der Waals surface area contributed by atoms with Gasteiger partial charge in [0.2, 0.25) is 0 Å². The third kappa shape index (κ3) is 5.23.